The molecule has 2 amide bonds. The molecule has 12 heteroatoms. The van der Waals surface area contributed by atoms with Crippen molar-refractivity contribution in [3.05, 3.63) is 47.0 Å². The van der Waals surface area contributed by atoms with Crippen LogP contribution in [-0.4, -0.2) is 77.4 Å². The normalized spacial score (nSPS) is 21.3. The first-order chi connectivity index (χ1) is 17.7. The van der Waals surface area contributed by atoms with E-state index in [1.54, 1.807) is 12.1 Å². The number of benzene rings is 2. The van der Waals surface area contributed by atoms with Gasteiger partial charge in [0, 0.05) is 23.2 Å². The van der Waals surface area contributed by atoms with Gasteiger partial charge in [0.05, 0.1) is 44.6 Å². The Hall–Kier alpha value is -2.40. The minimum absolute atomic E-state index is 0. The van der Waals surface area contributed by atoms with Crippen LogP contribution >= 0.6 is 24.0 Å². The summed E-state index contributed by atoms with van der Waals surface area (Å²) in [6, 6.07) is 9.94. The molecule has 9 nitrogen and oxygen atoms in total. The highest BCUT2D eigenvalue weighted by atomic mass is 35.5. The Bertz CT molecular complexity index is 1180. The molecule has 0 aliphatic carbocycles. The Kier molecular flexibility index (Phi) is 10.4. The number of sulfone groups is 1. The van der Waals surface area contributed by atoms with Crippen molar-refractivity contribution in [2.45, 2.75) is 31.3 Å². The first-order valence-electron chi connectivity index (χ1n) is 12.3. The van der Waals surface area contributed by atoms with Crippen LogP contribution in [0.3, 0.4) is 0 Å². The van der Waals surface area contributed by atoms with Crippen molar-refractivity contribution in [1.82, 2.24) is 10.2 Å². The zero-order valence-electron chi connectivity index (χ0n) is 21.7. The highest BCUT2D eigenvalue weighted by Gasteiger charge is 2.42. The summed E-state index contributed by atoms with van der Waals surface area (Å²) in [4.78, 5) is 15.1. The molecular weight excluding hydrogens is 553 g/mol. The molecule has 210 valence electrons. The predicted molar refractivity (Wildman–Crippen MR) is 151 cm³/mol. The Morgan fingerprint density at radius 2 is 1.61 bits per heavy atom. The van der Waals surface area contributed by atoms with E-state index in [0.29, 0.717) is 28.9 Å². The van der Waals surface area contributed by atoms with Crippen LogP contribution in [0.2, 0.25) is 5.02 Å². The van der Waals surface area contributed by atoms with Gasteiger partial charge in [-0.3, -0.25) is 4.90 Å². The summed E-state index contributed by atoms with van der Waals surface area (Å²) in [6.45, 7) is 1.59. The number of likely N-dealkylation sites (tertiary alicyclic amines) is 1. The van der Waals surface area contributed by atoms with E-state index in [0.717, 1.165) is 37.4 Å². The molecule has 2 fully saturated rings. The van der Waals surface area contributed by atoms with Gasteiger partial charge in [-0.2, -0.15) is 0 Å². The van der Waals surface area contributed by atoms with Crippen molar-refractivity contribution in [3.63, 3.8) is 0 Å². The maximum atomic E-state index is 12.9. The lowest BCUT2D eigenvalue weighted by atomic mass is 9.89. The summed E-state index contributed by atoms with van der Waals surface area (Å²) < 4.78 is 41.1. The van der Waals surface area contributed by atoms with Gasteiger partial charge in [-0.05, 0) is 56.0 Å². The van der Waals surface area contributed by atoms with E-state index in [1.165, 1.54) is 26.9 Å². The number of hydrogen-bond donors (Lipinski definition) is 2. The first kappa shape index (κ1) is 30.1. The number of halogens is 2. The second kappa shape index (κ2) is 13.1. The lowest BCUT2D eigenvalue weighted by Gasteiger charge is -2.38. The van der Waals surface area contributed by atoms with Gasteiger partial charge >= 0.3 is 6.03 Å². The number of piperidine rings is 1. The van der Waals surface area contributed by atoms with Crippen molar-refractivity contribution in [2.24, 2.45) is 5.92 Å². The number of amides is 2. The fraction of sp³-hybridized carbons (Fsp3) is 0.500. The fourth-order valence-corrected chi connectivity index (χ4v) is 7.34. The van der Waals surface area contributed by atoms with E-state index in [9.17, 15) is 13.2 Å². The number of ether oxygens (including phenoxy) is 3. The average Bonchev–Trinajstić information content (AvgIpc) is 3.18. The van der Waals surface area contributed by atoms with E-state index in [2.05, 4.69) is 27.7 Å². The molecule has 2 aliphatic heterocycles. The van der Waals surface area contributed by atoms with Gasteiger partial charge in [-0.1, -0.05) is 23.7 Å². The highest BCUT2D eigenvalue weighted by molar-refractivity contribution is 7.91. The number of rotatable bonds is 8. The summed E-state index contributed by atoms with van der Waals surface area (Å²) in [5.74, 6) is 1.72. The fourth-order valence-electron chi connectivity index (χ4n) is 5.26. The lowest BCUT2D eigenvalue weighted by Crippen LogP contribution is -2.54. The monoisotopic (exact) mass is 587 g/mol. The van der Waals surface area contributed by atoms with Gasteiger partial charge in [0.2, 0.25) is 5.75 Å². The summed E-state index contributed by atoms with van der Waals surface area (Å²) in [5, 5.41) is 6.39. The molecule has 0 bridgehead atoms. The number of methoxy groups -OCH3 is 3. The third kappa shape index (κ3) is 7.37. The summed E-state index contributed by atoms with van der Waals surface area (Å²) in [7, 11) is 1.23. The maximum absolute atomic E-state index is 12.9. The van der Waals surface area contributed by atoms with Crippen LogP contribution in [0.1, 0.15) is 18.4 Å². The standard InChI is InChI=1S/C26H34ClN3O6S.ClH/c1-34-23-13-20(14-24(35-2)25(23)36-3)28-26(31)29-21-15-37(32,33)16-22(21)30-10-8-18(9-11-30)12-17-4-6-19(27)7-5-17;/h4-7,13-14,18,21-22H,8-12,15-16H2,1-3H3,(H2,28,29,31);1H/t21?,22-;/m1./s1. The maximum Gasteiger partial charge on any atom is 0.319 e. The largest absolute Gasteiger partial charge is 0.493 e. The molecule has 38 heavy (non-hydrogen) atoms. The van der Waals surface area contributed by atoms with E-state index in [1.807, 2.05) is 12.1 Å². The van der Waals surface area contributed by atoms with Crippen LogP contribution in [0, 0.1) is 5.92 Å². The molecule has 2 aromatic carbocycles. The molecule has 2 atom stereocenters. The van der Waals surface area contributed by atoms with Crippen LogP contribution in [0.25, 0.3) is 0 Å². The van der Waals surface area contributed by atoms with E-state index < -0.39 is 21.9 Å². The molecule has 2 aromatic rings. The number of urea groups is 1. The third-order valence-electron chi connectivity index (χ3n) is 7.12. The first-order valence-corrected chi connectivity index (χ1v) is 14.5. The second-order valence-electron chi connectivity index (χ2n) is 9.57. The minimum atomic E-state index is -3.26. The molecule has 2 N–H and O–H groups in total. The number of carbonyl (C=O) groups is 1. The molecule has 2 aliphatic rings. The van der Waals surface area contributed by atoms with E-state index in [-0.39, 0.29) is 30.0 Å². The summed E-state index contributed by atoms with van der Waals surface area (Å²) >= 11 is 6.00. The van der Waals surface area contributed by atoms with Crippen molar-refractivity contribution < 1.29 is 27.4 Å². The number of carbonyl (C=O) groups excluding carboxylic acids is 1. The van der Waals surface area contributed by atoms with Crippen molar-refractivity contribution in [2.75, 3.05) is 51.2 Å². The molecule has 0 spiro atoms. The van der Waals surface area contributed by atoms with Crippen LogP contribution < -0.4 is 24.8 Å². The molecule has 0 aromatic heterocycles. The molecule has 2 saturated heterocycles. The molecule has 0 radical (unpaired) electrons. The van der Waals surface area contributed by atoms with Gasteiger partial charge in [-0.25, -0.2) is 13.2 Å². The molecule has 1 unspecified atom stereocenters. The molecule has 0 saturated carbocycles. The van der Waals surface area contributed by atoms with Crippen LogP contribution in [0.4, 0.5) is 10.5 Å². The number of anilines is 1. The van der Waals surface area contributed by atoms with Crippen molar-refractivity contribution in [3.8, 4) is 17.2 Å². The molecule has 4 rings (SSSR count). The van der Waals surface area contributed by atoms with Gasteiger partial charge < -0.3 is 24.8 Å². The van der Waals surface area contributed by atoms with Crippen molar-refractivity contribution in [1.29, 1.82) is 0 Å². The Morgan fingerprint density at radius 3 is 2.16 bits per heavy atom. The topological polar surface area (TPSA) is 106 Å². The van der Waals surface area contributed by atoms with E-state index in [4.69, 9.17) is 25.8 Å². The quantitative estimate of drug-likeness (QED) is 0.480. The minimum Gasteiger partial charge on any atom is -0.493 e. The molecule has 2 heterocycles. The van der Waals surface area contributed by atoms with E-state index >= 15 is 0 Å². The number of nitrogens with zero attached hydrogens (tertiary/aromatic N) is 1. The summed E-state index contributed by atoms with van der Waals surface area (Å²) in [6.07, 6.45) is 2.93. The number of nitrogens with one attached hydrogen (secondary N) is 2. The lowest BCUT2D eigenvalue weighted by molar-refractivity contribution is 0.128. The van der Waals surface area contributed by atoms with Gasteiger partial charge in [0.25, 0.3) is 0 Å². The number of hydrogen-bond acceptors (Lipinski definition) is 7. The third-order valence-corrected chi connectivity index (χ3v) is 9.09. The Balaban J connectivity index is 0.00000400. The SMILES string of the molecule is COc1cc(NC(=O)NC2CS(=O)(=O)C[C@H]2N2CCC(Cc3ccc(Cl)cc3)CC2)cc(OC)c1OC.Cl. The zero-order valence-corrected chi connectivity index (χ0v) is 24.1. The average molecular weight is 589 g/mol. The Labute approximate surface area is 235 Å². The van der Waals surface area contributed by atoms with Gasteiger partial charge in [0.15, 0.2) is 21.3 Å². The van der Waals surface area contributed by atoms with Crippen molar-refractivity contribution >= 4 is 45.6 Å². The van der Waals surface area contributed by atoms with Crippen LogP contribution in [-0.2, 0) is 16.3 Å². The second-order valence-corrected chi connectivity index (χ2v) is 12.2. The smallest absolute Gasteiger partial charge is 0.319 e. The van der Waals surface area contributed by atoms with Gasteiger partial charge in [-0.15, -0.1) is 12.4 Å². The highest BCUT2D eigenvalue weighted by Crippen LogP contribution is 2.40. The van der Waals surface area contributed by atoms with Crippen LogP contribution in [0.15, 0.2) is 36.4 Å². The molecular formula is C26H35Cl2N3O6S. The summed E-state index contributed by atoms with van der Waals surface area (Å²) in [5.41, 5.74) is 1.70. The van der Waals surface area contributed by atoms with Crippen LogP contribution in [0.5, 0.6) is 17.2 Å². The zero-order chi connectivity index (χ0) is 26.6. The van der Waals surface area contributed by atoms with Gasteiger partial charge in [0.1, 0.15) is 0 Å². The predicted octanol–water partition coefficient (Wildman–Crippen LogP) is 4.03. The Morgan fingerprint density at radius 1 is 1.00 bits per heavy atom.